The van der Waals surface area contributed by atoms with Crippen LogP contribution in [0.5, 0.6) is 0 Å². The number of amides is 1. The van der Waals surface area contributed by atoms with E-state index >= 15 is 0 Å². The average molecular weight is 282 g/mol. The maximum Gasteiger partial charge on any atom is 0.228 e. The molecule has 2 rings (SSSR count). The minimum Gasteiger partial charge on any atom is -0.351 e. The third-order valence-corrected chi connectivity index (χ3v) is 3.18. The van der Waals surface area contributed by atoms with Crippen molar-refractivity contribution >= 4 is 5.91 Å². The van der Waals surface area contributed by atoms with Crippen LogP contribution in [-0.2, 0) is 11.2 Å². The van der Waals surface area contributed by atoms with E-state index in [0.717, 1.165) is 11.1 Å². The lowest BCUT2D eigenvalue weighted by Crippen LogP contribution is -2.43. The molecule has 3 heteroatoms. The Bertz CT molecular complexity index is 573. The van der Waals surface area contributed by atoms with Crippen molar-refractivity contribution in [1.82, 2.24) is 10.3 Å². The zero-order chi connectivity index (χ0) is 15.3. The van der Waals surface area contributed by atoms with Gasteiger partial charge in [0.15, 0.2) is 0 Å². The van der Waals surface area contributed by atoms with E-state index in [-0.39, 0.29) is 17.4 Å². The van der Waals surface area contributed by atoms with E-state index in [1.54, 1.807) is 6.20 Å². The van der Waals surface area contributed by atoms with E-state index in [9.17, 15) is 4.79 Å². The van der Waals surface area contributed by atoms with Crippen molar-refractivity contribution in [3.63, 3.8) is 0 Å². The Labute approximate surface area is 126 Å². The summed E-state index contributed by atoms with van der Waals surface area (Å²) in [5, 5.41) is 3.08. The number of benzene rings is 1. The van der Waals surface area contributed by atoms with Gasteiger partial charge in [0.1, 0.15) is 0 Å². The van der Waals surface area contributed by atoms with Gasteiger partial charge in [0, 0.05) is 17.9 Å². The number of carbonyl (C=O) groups excluding carboxylic acids is 1. The molecule has 0 aliphatic heterocycles. The summed E-state index contributed by atoms with van der Waals surface area (Å²) < 4.78 is 0. The lowest BCUT2D eigenvalue weighted by molar-refractivity contribution is -0.124. The van der Waals surface area contributed by atoms with Gasteiger partial charge in [-0.2, -0.15) is 0 Å². The summed E-state index contributed by atoms with van der Waals surface area (Å²) in [5.74, 6) is -0.146. The standard InChI is InChI=1S/C18H22N2O/c1-18(2,3)20-17(21)16(15-9-5-4-6-10-15)12-14-8-7-11-19-13-14/h4-11,13,16H,12H2,1-3H3,(H,20,21). The summed E-state index contributed by atoms with van der Waals surface area (Å²) >= 11 is 0. The number of nitrogens with zero attached hydrogens (tertiary/aromatic N) is 1. The molecule has 1 atom stereocenters. The number of hydrogen-bond donors (Lipinski definition) is 1. The zero-order valence-corrected chi connectivity index (χ0v) is 12.8. The van der Waals surface area contributed by atoms with Crippen LogP contribution in [0.2, 0.25) is 0 Å². The Morgan fingerprint density at radius 1 is 1.14 bits per heavy atom. The maximum absolute atomic E-state index is 12.6. The van der Waals surface area contributed by atoms with Crippen LogP contribution in [0.25, 0.3) is 0 Å². The number of carbonyl (C=O) groups is 1. The first-order valence-corrected chi connectivity index (χ1v) is 7.21. The lowest BCUT2D eigenvalue weighted by atomic mass is 9.91. The molecule has 1 amide bonds. The second-order valence-electron chi connectivity index (χ2n) is 6.27. The molecule has 2 aromatic rings. The van der Waals surface area contributed by atoms with Gasteiger partial charge < -0.3 is 5.32 Å². The molecular weight excluding hydrogens is 260 g/mol. The van der Waals surface area contributed by atoms with E-state index < -0.39 is 0 Å². The van der Waals surface area contributed by atoms with E-state index in [2.05, 4.69) is 10.3 Å². The first-order chi connectivity index (χ1) is 9.96. The Kier molecular flexibility index (Phi) is 4.73. The van der Waals surface area contributed by atoms with E-state index in [1.165, 1.54) is 0 Å². The van der Waals surface area contributed by atoms with E-state index in [1.807, 2.05) is 69.4 Å². The van der Waals surface area contributed by atoms with Crippen LogP contribution < -0.4 is 5.32 Å². The van der Waals surface area contributed by atoms with Gasteiger partial charge in [0.2, 0.25) is 5.91 Å². The monoisotopic (exact) mass is 282 g/mol. The smallest absolute Gasteiger partial charge is 0.228 e. The summed E-state index contributed by atoms with van der Waals surface area (Å²) in [6.07, 6.45) is 4.22. The molecule has 110 valence electrons. The van der Waals surface area contributed by atoms with Crippen molar-refractivity contribution in [1.29, 1.82) is 0 Å². The summed E-state index contributed by atoms with van der Waals surface area (Å²) in [6.45, 7) is 5.99. The van der Waals surface area contributed by atoms with E-state index in [0.29, 0.717) is 6.42 Å². The molecule has 1 aromatic carbocycles. The molecule has 1 N–H and O–H groups in total. The average Bonchev–Trinajstić information content (AvgIpc) is 2.45. The predicted octanol–water partition coefficient (Wildman–Crippen LogP) is 3.32. The third kappa shape index (κ3) is 4.71. The molecule has 1 heterocycles. The number of hydrogen-bond acceptors (Lipinski definition) is 2. The van der Waals surface area contributed by atoms with Crippen LogP contribution in [0, 0.1) is 0 Å². The molecule has 0 radical (unpaired) electrons. The number of nitrogens with one attached hydrogen (secondary N) is 1. The number of rotatable bonds is 4. The van der Waals surface area contributed by atoms with Crippen LogP contribution in [0.4, 0.5) is 0 Å². The minimum atomic E-state index is -0.237. The van der Waals surface area contributed by atoms with Gasteiger partial charge in [-0.05, 0) is 44.4 Å². The van der Waals surface area contributed by atoms with Crippen molar-refractivity contribution in [2.45, 2.75) is 38.6 Å². The van der Waals surface area contributed by atoms with Gasteiger partial charge in [-0.1, -0.05) is 36.4 Å². The van der Waals surface area contributed by atoms with Gasteiger partial charge >= 0.3 is 0 Å². The van der Waals surface area contributed by atoms with Crippen LogP contribution >= 0.6 is 0 Å². The zero-order valence-electron chi connectivity index (χ0n) is 12.8. The lowest BCUT2D eigenvalue weighted by Gasteiger charge is -2.25. The normalized spacial score (nSPS) is 12.7. The van der Waals surface area contributed by atoms with Crippen molar-refractivity contribution in [3.05, 3.63) is 66.0 Å². The molecule has 0 saturated carbocycles. The van der Waals surface area contributed by atoms with Crippen LogP contribution in [0.15, 0.2) is 54.9 Å². The fraction of sp³-hybridized carbons (Fsp3) is 0.333. The molecule has 0 aliphatic carbocycles. The highest BCUT2D eigenvalue weighted by Gasteiger charge is 2.24. The molecule has 0 fully saturated rings. The fourth-order valence-electron chi connectivity index (χ4n) is 2.26. The molecule has 0 bridgehead atoms. The van der Waals surface area contributed by atoms with E-state index in [4.69, 9.17) is 0 Å². The Morgan fingerprint density at radius 2 is 1.86 bits per heavy atom. The van der Waals surface area contributed by atoms with Crippen LogP contribution in [0.1, 0.15) is 37.8 Å². The Hall–Kier alpha value is -2.16. The number of aromatic nitrogens is 1. The van der Waals surface area contributed by atoms with Gasteiger partial charge in [-0.25, -0.2) is 0 Å². The third-order valence-electron chi connectivity index (χ3n) is 3.18. The molecule has 1 aromatic heterocycles. The molecule has 0 spiro atoms. The van der Waals surface area contributed by atoms with Gasteiger partial charge in [-0.3, -0.25) is 9.78 Å². The highest BCUT2D eigenvalue weighted by Crippen LogP contribution is 2.22. The topological polar surface area (TPSA) is 42.0 Å². The summed E-state index contributed by atoms with van der Waals surface area (Å²) in [7, 11) is 0. The minimum absolute atomic E-state index is 0.0533. The first-order valence-electron chi connectivity index (χ1n) is 7.21. The second kappa shape index (κ2) is 6.53. The van der Waals surface area contributed by atoms with Crippen LogP contribution in [0.3, 0.4) is 0 Å². The molecule has 3 nitrogen and oxygen atoms in total. The first kappa shape index (κ1) is 15.2. The van der Waals surface area contributed by atoms with Crippen LogP contribution in [-0.4, -0.2) is 16.4 Å². The van der Waals surface area contributed by atoms with Crippen molar-refractivity contribution < 1.29 is 4.79 Å². The summed E-state index contributed by atoms with van der Waals surface area (Å²) in [4.78, 5) is 16.8. The molecule has 21 heavy (non-hydrogen) atoms. The number of pyridine rings is 1. The highest BCUT2D eigenvalue weighted by atomic mass is 16.2. The molecule has 1 unspecified atom stereocenters. The maximum atomic E-state index is 12.6. The predicted molar refractivity (Wildman–Crippen MR) is 85.0 cm³/mol. The van der Waals surface area contributed by atoms with Crippen molar-refractivity contribution in [2.75, 3.05) is 0 Å². The highest BCUT2D eigenvalue weighted by molar-refractivity contribution is 5.84. The SMILES string of the molecule is CC(C)(C)NC(=O)C(Cc1cccnc1)c1ccccc1. The second-order valence-corrected chi connectivity index (χ2v) is 6.27. The quantitative estimate of drug-likeness (QED) is 0.934. The Balaban J connectivity index is 2.25. The molecule has 0 saturated heterocycles. The van der Waals surface area contributed by atoms with Gasteiger partial charge in [-0.15, -0.1) is 0 Å². The molecule has 0 aliphatic rings. The summed E-state index contributed by atoms with van der Waals surface area (Å²) in [5.41, 5.74) is 1.86. The van der Waals surface area contributed by atoms with Gasteiger partial charge in [0.05, 0.1) is 5.92 Å². The molecular formula is C18H22N2O. The van der Waals surface area contributed by atoms with Crippen molar-refractivity contribution in [3.8, 4) is 0 Å². The summed E-state index contributed by atoms with van der Waals surface area (Å²) in [6, 6.07) is 13.8. The largest absolute Gasteiger partial charge is 0.351 e. The Morgan fingerprint density at radius 3 is 2.43 bits per heavy atom. The van der Waals surface area contributed by atoms with Gasteiger partial charge in [0.25, 0.3) is 0 Å². The van der Waals surface area contributed by atoms with Crippen molar-refractivity contribution in [2.24, 2.45) is 0 Å². The fourth-order valence-corrected chi connectivity index (χ4v) is 2.26.